The van der Waals surface area contributed by atoms with E-state index in [-0.39, 0.29) is 12.0 Å². The van der Waals surface area contributed by atoms with E-state index in [4.69, 9.17) is 4.74 Å². The highest BCUT2D eigenvalue weighted by Gasteiger charge is 2.14. The van der Waals surface area contributed by atoms with Crippen LogP contribution in [0.5, 0.6) is 5.75 Å². The lowest BCUT2D eigenvalue weighted by Gasteiger charge is -2.23. The van der Waals surface area contributed by atoms with Crippen molar-refractivity contribution in [1.29, 1.82) is 0 Å². The van der Waals surface area contributed by atoms with E-state index >= 15 is 0 Å². The summed E-state index contributed by atoms with van der Waals surface area (Å²) in [5.74, 6) is 0.563. The van der Waals surface area contributed by atoms with Crippen LogP contribution in [0, 0.1) is 6.92 Å². The first-order valence-electron chi connectivity index (χ1n) is 8.52. The van der Waals surface area contributed by atoms with E-state index in [0.717, 1.165) is 15.0 Å². The van der Waals surface area contributed by atoms with Gasteiger partial charge in [-0.1, -0.05) is 12.1 Å². The van der Waals surface area contributed by atoms with Crippen LogP contribution in [0.15, 0.2) is 41.2 Å². The summed E-state index contributed by atoms with van der Waals surface area (Å²) < 4.78 is 7.64. The van der Waals surface area contributed by atoms with Gasteiger partial charge < -0.3 is 14.9 Å². The normalized spacial score (nSPS) is 14.1. The number of aliphatic hydroxyl groups excluding tert-OH is 2. The minimum atomic E-state index is -0.739. The highest BCUT2D eigenvalue weighted by atomic mass is 32.1. The third kappa shape index (κ3) is 3.88. The molecule has 0 saturated heterocycles. The van der Waals surface area contributed by atoms with E-state index < -0.39 is 12.3 Å². The van der Waals surface area contributed by atoms with Gasteiger partial charge in [-0.15, -0.1) is 11.3 Å². The maximum atomic E-state index is 12.8. The molecule has 3 aromatic rings. The van der Waals surface area contributed by atoms with Crippen LogP contribution in [-0.4, -0.2) is 47.6 Å². The van der Waals surface area contributed by atoms with Crippen LogP contribution in [0.4, 0.5) is 0 Å². The Hall–Kier alpha value is -1.99. The second-order valence-corrected chi connectivity index (χ2v) is 7.63. The number of aryl methyl sites for hydroxylation is 1. The molecule has 2 aromatic carbocycles. The topological polar surface area (TPSA) is 70.0 Å². The molecule has 26 heavy (non-hydrogen) atoms. The predicted octanol–water partition coefficient (Wildman–Crippen LogP) is 2.73. The zero-order valence-electron chi connectivity index (χ0n) is 15.1. The molecule has 1 heterocycles. The van der Waals surface area contributed by atoms with Gasteiger partial charge in [-0.25, -0.2) is 0 Å². The van der Waals surface area contributed by atoms with Crippen LogP contribution in [0.2, 0.25) is 0 Å². The van der Waals surface area contributed by atoms with E-state index in [1.807, 2.05) is 37.3 Å². The molecule has 0 fully saturated rings. The average molecular weight is 373 g/mol. The van der Waals surface area contributed by atoms with Gasteiger partial charge in [-0.05, 0) is 50.7 Å². The Morgan fingerprint density at radius 2 is 1.92 bits per heavy atom. The third-order valence-electron chi connectivity index (χ3n) is 4.42. The maximum absolute atomic E-state index is 12.8. The van der Waals surface area contributed by atoms with Gasteiger partial charge in [0.05, 0.1) is 0 Å². The van der Waals surface area contributed by atoms with Crippen molar-refractivity contribution in [1.82, 2.24) is 4.90 Å². The molecule has 6 heteroatoms. The smallest absolute Gasteiger partial charge is 0.196 e. The van der Waals surface area contributed by atoms with Gasteiger partial charge >= 0.3 is 0 Å². The number of ether oxygens (including phenoxy) is 1. The molecule has 0 amide bonds. The first kappa shape index (κ1) is 18.8. The first-order valence-corrected chi connectivity index (χ1v) is 9.34. The number of fused-ring (bicyclic) bond motifs is 2. The van der Waals surface area contributed by atoms with Crippen LogP contribution >= 0.6 is 11.3 Å². The molecule has 1 aromatic heterocycles. The van der Waals surface area contributed by atoms with Crippen molar-refractivity contribution in [2.75, 3.05) is 20.2 Å². The molecule has 0 bridgehead atoms. The Morgan fingerprint density at radius 1 is 1.19 bits per heavy atom. The predicted molar refractivity (Wildman–Crippen MR) is 106 cm³/mol. The van der Waals surface area contributed by atoms with Crippen molar-refractivity contribution in [2.45, 2.75) is 26.2 Å². The molecule has 0 radical (unpaired) electrons. The van der Waals surface area contributed by atoms with Crippen molar-refractivity contribution in [3.8, 4) is 5.75 Å². The summed E-state index contributed by atoms with van der Waals surface area (Å²) in [5.41, 5.74) is 0.971. The SMILES string of the molecule is Cc1cc(OCC(O)CN(C)C(C)O)cc2c(=O)c3ccccc3sc12. The summed E-state index contributed by atoms with van der Waals surface area (Å²) in [6.07, 6.45) is -1.37. The summed E-state index contributed by atoms with van der Waals surface area (Å²) in [4.78, 5) is 14.4. The van der Waals surface area contributed by atoms with Crippen molar-refractivity contribution < 1.29 is 14.9 Å². The Bertz CT molecular complexity index is 983. The summed E-state index contributed by atoms with van der Waals surface area (Å²) in [6.45, 7) is 3.98. The van der Waals surface area contributed by atoms with Gasteiger partial charge in [0.2, 0.25) is 0 Å². The van der Waals surface area contributed by atoms with Gasteiger partial charge in [-0.3, -0.25) is 9.69 Å². The third-order valence-corrected chi connectivity index (χ3v) is 5.74. The molecule has 0 aliphatic carbocycles. The van der Waals surface area contributed by atoms with Crippen LogP contribution in [0.1, 0.15) is 12.5 Å². The molecule has 0 saturated carbocycles. The number of hydrogen-bond donors (Lipinski definition) is 2. The number of benzene rings is 2. The molecule has 138 valence electrons. The molecule has 2 N–H and O–H groups in total. The lowest BCUT2D eigenvalue weighted by atomic mass is 10.1. The van der Waals surface area contributed by atoms with Crippen molar-refractivity contribution >= 4 is 31.5 Å². The fraction of sp³-hybridized carbons (Fsp3) is 0.350. The van der Waals surface area contributed by atoms with Gasteiger partial charge in [0.1, 0.15) is 24.7 Å². The largest absolute Gasteiger partial charge is 0.491 e. The maximum Gasteiger partial charge on any atom is 0.196 e. The molecule has 3 rings (SSSR count). The standard InChI is InChI=1S/C20H23NO4S/c1-12-8-15(25-11-14(23)10-21(3)13(2)22)9-17-19(24)16-6-4-5-7-18(16)26-20(12)17/h4-9,13-14,22-23H,10-11H2,1-3H3. The van der Waals surface area contributed by atoms with E-state index in [1.165, 1.54) is 0 Å². The van der Waals surface area contributed by atoms with Crippen molar-refractivity contribution in [3.63, 3.8) is 0 Å². The first-order chi connectivity index (χ1) is 12.4. The highest BCUT2D eigenvalue weighted by molar-refractivity contribution is 7.24. The monoisotopic (exact) mass is 373 g/mol. The summed E-state index contributed by atoms with van der Waals surface area (Å²) in [7, 11) is 1.73. The average Bonchev–Trinajstić information content (AvgIpc) is 2.61. The second kappa shape index (κ2) is 7.72. The van der Waals surface area contributed by atoms with E-state index in [2.05, 4.69) is 0 Å². The van der Waals surface area contributed by atoms with Crippen LogP contribution in [0.3, 0.4) is 0 Å². The van der Waals surface area contributed by atoms with Crippen LogP contribution in [-0.2, 0) is 0 Å². The minimum absolute atomic E-state index is 0.00251. The lowest BCUT2D eigenvalue weighted by Crippen LogP contribution is -2.38. The fourth-order valence-corrected chi connectivity index (χ4v) is 3.98. The summed E-state index contributed by atoms with van der Waals surface area (Å²) >= 11 is 1.60. The number of hydrogen-bond acceptors (Lipinski definition) is 6. The Labute approximate surface area is 156 Å². The molecule has 0 aliphatic heterocycles. The molecule has 2 atom stereocenters. The Balaban J connectivity index is 1.87. The van der Waals surface area contributed by atoms with Crippen LogP contribution < -0.4 is 10.2 Å². The molecular weight excluding hydrogens is 350 g/mol. The number of likely N-dealkylation sites (N-methyl/N-ethyl adjacent to an activating group) is 1. The highest BCUT2D eigenvalue weighted by Crippen LogP contribution is 2.30. The number of aliphatic hydroxyl groups is 2. The van der Waals surface area contributed by atoms with E-state index in [1.54, 1.807) is 36.3 Å². The molecular formula is C20H23NO4S. The minimum Gasteiger partial charge on any atom is -0.491 e. The van der Waals surface area contributed by atoms with Gasteiger partial charge in [0.25, 0.3) is 0 Å². The Morgan fingerprint density at radius 3 is 2.65 bits per heavy atom. The van der Waals surface area contributed by atoms with Gasteiger partial charge in [0, 0.05) is 26.7 Å². The van der Waals surface area contributed by atoms with E-state index in [0.29, 0.717) is 23.1 Å². The summed E-state index contributed by atoms with van der Waals surface area (Å²) in [6, 6.07) is 11.2. The van der Waals surface area contributed by atoms with Crippen molar-refractivity contribution in [2.24, 2.45) is 0 Å². The quantitative estimate of drug-likeness (QED) is 0.514. The molecule has 0 aliphatic rings. The van der Waals surface area contributed by atoms with E-state index in [9.17, 15) is 15.0 Å². The molecule has 2 unspecified atom stereocenters. The van der Waals surface area contributed by atoms with Crippen LogP contribution in [0.25, 0.3) is 20.2 Å². The van der Waals surface area contributed by atoms with Gasteiger partial charge in [0.15, 0.2) is 5.43 Å². The zero-order valence-corrected chi connectivity index (χ0v) is 15.9. The summed E-state index contributed by atoms with van der Waals surface area (Å²) in [5, 5.41) is 20.9. The number of rotatable bonds is 6. The van der Waals surface area contributed by atoms with Gasteiger partial charge in [-0.2, -0.15) is 0 Å². The van der Waals surface area contributed by atoms with Crippen molar-refractivity contribution in [3.05, 3.63) is 52.2 Å². The Kier molecular flexibility index (Phi) is 5.58. The molecule has 0 spiro atoms. The fourth-order valence-electron chi connectivity index (χ4n) is 2.86. The molecule has 5 nitrogen and oxygen atoms in total. The number of nitrogens with zero attached hydrogens (tertiary/aromatic N) is 1. The second-order valence-electron chi connectivity index (χ2n) is 6.58. The lowest BCUT2D eigenvalue weighted by molar-refractivity contribution is -0.00440. The zero-order chi connectivity index (χ0) is 18.8.